The molecule has 2 heterocycles. The fourth-order valence-electron chi connectivity index (χ4n) is 2.12. The third-order valence-electron chi connectivity index (χ3n) is 3.18. The molecule has 0 atom stereocenters. The molecule has 1 aromatic carbocycles. The van der Waals surface area contributed by atoms with E-state index in [-0.39, 0.29) is 17.7 Å². The molecule has 7 heteroatoms. The number of benzene rings is 1. The van der Waals surface area contributed by atoms with Gasteiger partial charge in [-0.05, 0) is 12.1 Å². The Balaban J connectivity index is 2.03. The summed E-state index contributed by atoms with van der Waals surface area (Å²) >= 11 is 0. The van der Waals surface area contributed by atoms with E-state index in [0.29, 0.717) is 11.1 Å². The number of fused-ring (bicyclic) bond motifs is 1. The Kier molecular flexibility index (Phi) is 3.25. The van der Waals surface area contributed by atoms with Crippen LogP contribution in [-0.4, -0.2) is 15.7 Å². The lowest BCUT2D eigenvalue weighted by atomic mass is 10.2. The number of amides is 1. The van der Waals surface area contributed by atoms with E-state index < -0.39 is 5.91 Å². The van der Waals surface area contributed by atoms with Crippen LogP contribution in [-0.2, 0) is 6.54 Å². The normalized spacial score (nSPS) is 10.7. The number of aromatic nitrogens is 2. The van der Waals surface area contributed by atoms with Gasteiger partial charge in [0.15, 0.2) is 0 Å². The number of nitrogens with one attached hydrogen (secondary N) is 1. The van der Waals surface area contributed by atoms with Crippen LogP contribution >= 0.6 is 0 Å². The van der Waals surface area contributed by atoms with Gasteiger partial charge in [-0.3, -0.25) is 15.0 Å². The number of nitrogen functional groups attached to an aromatic ring is 1. The number of hydrazine groups is 1. The van der Waals surface area contributed by atoms with Crippen molar-refractivity contribution in [2.45, 2.75) is 6.54 Å². The van der Waals surface area contributed by atoms with E-state index in [1.807, 2.05) is 17.6 Å². The van der Waals surface area contributed by atoms with Gasteiger partial charge in [-0.2, -0.15) is 5.10 Å². The number of nitrogens with zero attached hydrogens (tertiary/aromatic N) is 2. The van der Waals surface area contributed by atoms with Crippen LogP contribution in [0.4, 0.5) is 0 Å². The minimum absolute atomic E-state index is 0.0550. The number of nitrogens with two attached hydrogens (primary N) is 1. The molecule has 3 rings (SSSR count). The zero-order valence-electron chi connectivity index (χ0n) is 10.9. The summed E-state index contributed by atoms with van der Waals surface area (Å²) in [7, 11) is 0. The van der Waals surface area contributed by atoms with Crippen molar-refractivity contribution in [3.8, 4) is 0 Å². The first-order valence-electron chi connectivity index (χ1n) is 6.23. The molecule has 0 aliphatic heterocycles. The predicted molar refractivity (Wildman–Crippen MR) is 75.5 cm³/mol. The second kappa shape index (κ2) is 5.22. The zero-order valence-corrected chi connectivity index (χ0v) is 10.9. The van der Waals surface area contributed by atoms with Crippen LogP contribution in [0.25, 0.3) is 10.8 Å². The second-order valence-corrected chi connectivity index (χ2v) is 4.43. The molecular weight excluding hydrogens is 272 g/mol. The highest BCUT2D eigenvalue weighted by atomic mass is 16.3. The quantitative estimate of drug-likeness (QED) is 0.417. The SMILES string of the molecule is NNC(=O)c1ccoc1Cn1ncc2ccccc2c1=O. The Hall–Kier alpha value is -2.93. The Morgan fingerprint density at radius 3 is 2.95 bits per heavy atom. The van der Waals surface area contributed by atoms with Gasteiger partial charge in [0.25, 0.3) is 11.5 Å². The molecule has 1 amide bonds. The highest BCUT2D eigenvalue weighted by molar-refractivity contribution is 5.94. The number of furan rings is 1. The summed E-state index contributed by atoms with van der Waals surface area (Å²) in [6, 6.07) is 8.65. The van der Waals surface area contributed by atoms with Gasteiger partial charge in [-0.25, -0.2) is 10.5 Å². The van der Waals surface area contributed by atoms with Crippen molar-refractivity contribution in [2.75, 3.05) is 0 Å². The Bertz CT molecular complexity index is 866. The molecule has 0 aliphatic carbocycles. The van der Waals surface area contributed by atoms with Crippen molar-refractivity contribution >= 4 is 16.7 Å². The number of hydrogen-bond donors (Lipinski definition) is 2. The molecule has 0 saturated heterocycles. The number of carbonyl (C=O) groups excluding carboxylic acids is 1. The fourth-order valence-corrected chi connectivity index (χ4v) is 2.12. The van der Waals surface area contributed by atoms with Crippen molar-refractivity contribution in [1.29, 1.82) is 0 Å². The third kappa shape index (κ3) is 2.30. The largest absolute Gasteiger partial charge is 0.467 e. The maximum atomic E-state index is 12.3. The molecule has 0 saturated carbocycles. The van der Waals surface area contributed by atoms with Gasteiger partial charge >= 0.3 is 0 Å². The molecule has 0 aliphatic rings. The summed E-state index contributed by atoms with van der Waals surface area (Å²) in [4.78, 5) is 23.9. The number of rotatable bonds is 3. The van der Waals surface area contributed by atoms with Gasteiger partial charge in [0.2, 0.25) is 0 Å². The highest BCUT2D eigenvalue weighted by Gasteiger charge is 2.15. The average Bonchev–Trinajstić information content (AvgIpc) is 2.98. The standard InChI is InChI=1S/C14H12N4O3/c15-17-13(19)11-5-6-21-12(11)8-18-14(20)10-4-2-1-3-9(10)7-16-18/h1-7H,8,15H2,(H,17,19). The van der Waals surface area contributed by atoms with Gasteiger partial charge in [0, 0.05) is 5.39 Å². The van der Waals surface area contributed by atoms with Crippen LogP contribution in [0.2, 0.25) is 0 Å². The van der Waals surface area contributed by atoms with Crippen molar-refractivity contribution in [2.24, 2.45) is 5.84 Å². The molecule has 0 radical (unpaired) electrons. The van der Waals surface area contributed by atoms with E-state index >= 15 is 0 Å². The second-order valence-electron chi connectivity index (χ2n) is 4.43. The monoisotopic (exact) mass is 284 g/mol. The van der Waals surface area contributed by atoms with Crippen molar-refractivity contribution in [1.82, 2.24) is 15.2 Å². The minimum Gasteiger partial charge on any atom is -0.467 e. The summed E-state index contributed by atoms with van der Waals surface area (Å²) < 4.78 is 6.49. The van der Waals surface area contributed by atoms with Crippen LogP contribution in [0.5, 0.6) is 0 Å². The van der Waals surface area contributed by atoms with E-state index in [2.05, 4.69) is 5.10 Å². The van der Waals surface area contributed by atoms with Gasteiger partial charge in [0.1, 0.15) is 12.3 Å². The molecule has 0 bridgehead atoms. The average molecular weight is 284 g/mol. The molecular formula is C14H12N4O3. The van der Waals surface area contributed by atoms with Crippen LogP contribution < -0.4 is 16.8 Å². The molecule has 2 aromatic heterocycles. The predicted octanol–water partition coefficient (Wildman–Crippen LogP) is 0.641. The van der Waals surface area contributed by atoms with Crippen LogP contribution in [0.15, 0.2) is 52.0 Å². The van der Waals surface area contributed by atoms with Crippen molar-refractivity contribution < 1.29 is 9.21 Å². The Morgan fingerprint density at radius 2 is 2.14 bits per heavy atom. The summed E-state index contributed by atoms with van der Waals surface area (Å²) in [5.74, 6) is 4.95. The van der Waals surface area contributed by atoms with Gasteiger partial charge < -0.3 is 4.42 Å². The topological polar surface area (TPSA) is 103 Å². The Morgan fingerprint density at radius 1 is 1.33 bits per heavy atom. The third-order valence-corrected chi connectivity index (χ3v) is 3.18. The lowest BCUT2D eigenvalue weighted by Gasteiger charge is -2.05. The molecule has 3 N–H and O–H groups in total. The molecule has 106 valence electrons. The molecule has 21 heavy (non-hydrogen) atoms. The Labute approximate surface area is 118 Å². The lowest BCUT2D eigenvalue weighted by molar-refractivity contribution is 0.0951. The maximum Gasteiger partial charge on any atom is 0.275 e. The minimum atomic E-state index is -0.479. The van der Waals surface area contributed by atoms with Crippen molar-refractivity contribution in [3.05, 3.63) is 64.5 Å². The molecule has 0 fully saturated rings. The smallest absolute Gasteiger partial charge is 0.275 e. The van der Waals surface area contributed by atoms with E-state index in [0.717, 1.165) is 5.39 Å². The van der Waals surface area contributed by atoms with Crippen LogP contribution in [0, 0.1) is 0 Å². The number of carbonyl (C=O) groups is 1. The van der Waals surface area contributed by atoms with E-state index in [1.54, 1.807) is 18.3 Å². The molecule has 0 spiro atoms. The van der Waals surface area contributed by atoms with Crippen LogP contribution in [0.3, 0.4) is 0 Å². The summed E-state index contributed by atoms with van der Waals surface area (Å²) in [5.41, 5.74) is 2.06. The summed E-state index contributed by atoms with van der Waals surface area (Å²) in [5, 5.41) is 5.41. The molecule has 3 aromatic rings. The zero-order chi connectivity index (χ0) is 14.8. The fraction of sp³-hybridized carbons (Fsp3) is 0.0714. The van der Waals surface area contributed by atoms with Gasteiger partial charge in [-0.15, -0.1) is 0 Å². The molecule has 0 unspecified atom stereocenters. The van der Waals surface area contributed by atoms with Crippen molar-refractivity contribution in [3.63, 3.8) is 0 Å². The van der Waals surface area contributed by atoms with E-state index in [9.17, 15) is 9.59 Å². The number of hydrogen-bond acceptors (Lipinski definition) is 5. The molecule has 7 nitrogen and oxygen atoms in total. The van der Waals surface area contributed by atoms with Gasteiger partial charge in [-0.1, -0.05) is 18.2 Å². The van der Waals surface area contributed by atoms with E-state index in [1.165, 1.54) is 17.0 Å². The van der Waals surface area contributed by atoms with Gasteiger partial charge in [0.05, 0.1) is 23.4 Å². The maximum absolute atomic E-state index is 12.3. The first-order valence-corrected chi connectivity index (χ1v) is 6.23. The highest BCUT2D eigenvalue weighted by Crippen LogP contribution is 2.12. The first-order chi connectivity index (χ1) is 10.2. The first kappa shape index (κ1) is 13.1. The lowest BCUT2D eigenvalue weighted by Crippen LogP contribution is -2.31. The summed E-state index contributed by atoms with van der Waals surface area (Å²) in [6.07, 6.45) is 2.97. The van der Waals surface area contributed by atoms with E-state index in [4.69, 9.17) is 10.3 Å². The summed E-state index contributed by atoms with van der Waals surface area (Å²) in [6.45, 7) is 0.0550. The van der Waals surface area contributed by atoms with Crippen LogP contribution in [0.1, 0.15) is 16.1 Å².